The van der Waals surface area contributed by atoms with Gasteiger partial charge in [-0.05, 0) is 23.6 Å². The van der Waals surface area contributed by atoms with Gasteiger partial charge in [0.2, 0.25) is 5.91 Å². The number of benzene rings is 1. The lowest BCUT2D eigenvalue weighted by Gasteiger charge is -2.23. The summed E-state index contributed by atoms with van der Waals surface area (Å²) in [5, 5.41) is 13.5. The number of carbonyl (C=O) groups excluding carboxylic acids is 1. The Hall–Kier alpha value is -1.93. The topological polar surface area (TPSA) is 119 Å². The van der Waals surface area contributed by atoms with Gasteiger partial charge in [-0.3, -0.25) is 14.3 Å². The number of hydrogen-bond acceptors (Lipinski definition) is 5. The lowest BCUT2D eigenvalue weighted by molar-refractivity contribution is -0.219. The summed E-state index contributed by atoms with van der Waals surface area (Å²) >= 11 is 0. The summed E-state index contributed by atoms with van der Waals surface area (Å²) in [5.41, 5.74) is 0.644. The van der Waals surface area contributed by atoms with Gasteiger partial charge in [0, 0.05) is 13.0 Å². The zero-order chi connectivity index (χ0) is 14.0. The van der Waals surface area contributed by atoms with Crippen molar-refractivity contribution in [1.29, 1.82) is 0 Å². The molecule has 0 aliphatic carbocycles. The highest BCUT2D eigenvalue weighted by Gasteiger charge is 2.20. The van der Waals surface area contributed by atoms with E-state index in [0.29, 0.717) is 5.56 Å². The molecule has 1 amide bonds. The fraction of sp³-hybridized carbons (Fsp3) is 0.273. The Balaban J connectivity index is 2.16. The van der Waals surface area contributed by atoms with Gasteiger partial charge in [0.05, 0.1) is 4.90 Å². The van der Waals surface area contributed by atoms with Crippen LogP contribution in [0, 0.1) is 0 Å². The molecule has 1 atom stereocenters. The van der Waals surface area contributed by atoms with Crippen LogP contribution < -0.4 is 10.4 Å². The summed E-state index contributed by atoms with van der Waals surface area (Å²) in [6, 6.07) is 4.59. The van der Waals surface area contributed by atoms with Crippen molar-refractivity contribution in [3.8, 4) is 0 Å². The van der Waals surface area contributed by atoms with E-state index in [1.54, 1.807) is 0 Å². The molecule has 1 aromatic carbocycles. The van der Waals surface area contributed by atoms with E-state index in [-0.39, 0.29) is 29.7 Å². The number of aliphatic imine (C=N–C) groups is 1. The molecular weight excluding hydrogens is 272 g/mol. The van der Waals surface area contributed by atoms with E-state index in [2.05, 4.69) is 10.3 Å². The average molecular weight is 283 g/mol. The standard InChI is InChI=1S/C11H12N2O5S/c14-10-6-12-11(15)9(13-10)5-7-1-3-8(4-2-7)19(16,17)18/h1-4,9H,5-6H2,(H,12,15)(H,13,14)(H,16,17,18)/p-1. The van der Waals surface area contributed by atoms with E-state index < -0.39 is 16.2 Å². The van der Waals surface area contributed by atoms with Crippen molar-refractivity contribution in [3.05, 3.63) is 29.8 Å². The number of hydrogen-bond donors (Lipinski definition) is 2. The normalized spacial score (nSPS) is 19.7. The van der Waals surface area contributed by atoms with E-state index in [1.807, 2.05) is 0 Å². The maximum Gasteiger partial charge on any atom is 0.294 e. The highest BCUT2D eigenvalue weighted by molar-refractivity contribution is 7.85. The Morgan fingerprint density at radius 1 is 1.37 bits per heavy atom. The van der Waals surface area contributed by atoms with Crippen molar-refractivity contribution in [1.82, 2.24) is 5.32 Å². The van der Waals surface area contributed by atoms with Crippen molar-refractivity contribution in [2.45, 2.75) is 17.4 Å². The van der Waals surface area contributed by atoms with Crippen LogP contribution in [-0.4, -0.2) is 37.4 Å². The summed E-state index contributed by atoms with van der Waals surface area (Å²) in [5.74, 6) is -0.724. The molecule has 1 unspecified atom stereocenters. The minimum Gasteiger partial charge on any atom is -0.861 e. The maximum atomic E-state index is 11.5. The van der Waals surface area contributed by atoms with Gasteiger partial charge in [-0.15, -0.1) is 0 Å². The quantitative estimate of drug-likeness (QED) is 0.671. The summed E-state index contributed by atoms with van der Waals surface area (Å²) < 4.78 is 30.5. The fourth-order valence-electron chi connectivity index (χ4n) is 1.72. The third kappa shape index (κ3) is 3.30. The molecular formula is C11H11N2O5S-. The lowest BCUT2D eigenvalue weighted by Crippen LogP contribution is -2.47. The molecule has 1 aromatic rings. The number of amides is 1. The van der Waals surface area contributed by atoms with Crippen molar-refractivity contribution < 1.29 is 22.9 Å². The first-order valence-corrected chi connectivity index (χ1v) is 6.88. The van der Waals surface area contributed by atoms with Crippen molar-refractivity contribution in [3.63, 3.8) is 0 Å². The number of nitrogens with zero attached hydrogens (tertiary/aromatic N) is 1. The molecule has 19 heavy (non-hydrogen) atoms. The van der Waals surface area contributed by atoms with Crippen LogP contribution in [0.25, 0.3) is 0 Å². The lowest BCUT2D eigenvalue weighted by atomic mass is 10.1. The molecule has 1 heterocycles. The summed E-state index contributed by atoms with van der Waals surface area (Å²) in [6.45, 7) is -0.0863. The highest BCUT2D eigenvalue weighted by Crippen LogP contribution is 2.13. The largest absolute Gasteiger partial charge is 0.861 e. The zero-order valence-electron chi connectivity index (χ0n) is 9.74. The van der Waals surface area contributed by atoms with Gasteiger partial charge < -0.3 is 10.4 Å². The van der Waals surface area contributed by atoms with Gasteiger partial charge in [-0.25, -0.2) is 0 Å². The van der Waals surface area contributed by atoms with Crippen molar-refractivity contribution >= 4 is 21.9 Å². The molecule has 0 spiro atoms. The molecule has 2 N–H and O–H groups in total. The van der Waals surface area contributed by atoms with Crippen LogP contribution in [0.3, 0.4) is 0 Å². The van der Waals surface area contributed by atoms with Crippen LogP contribution in [0.1, 0.15) is 5.56 Å². The molecule has 1 aliphatic rings. The van der Waals surface area contributed by atoms with Crippen LogP contribution in [0.2, 0.25) is 0 Å². The first-order chi connectivity index (χ1) is 8.86. The smallest absolute Gasteiger partial charge is 0.294 e. The van der Waals surface area contributed by atoms with Gasteiger partial charge in [-0.2, -0.15) is 8.42 Å². The second-order valence-electron chi connectivity index (χ2n) is 4.08. The molecule has 7 nitrogen and oxygen atoms in total. The van der Waals surface area contributed by atoms with Gasteiger partial charge in [0.25, 0.3) is 10.1 Å². The van der Waals surface area contributed by atoms with Crippen LogP contribution in [0.4, 0.5) is 0 Å². The molecule has 0 radical (unpaired) electrons. The third-order valence-electron chi connectivity index (χ3n) is 2.67. The highest BCUT2D eigenvalue weighted by atomic mass is 32.2. The molecule has 0 aromatic heterocycles. The molecule has 0 fully saturated rings. The molecule has 0 saturated heterocycles. The molecule has 0 bridgehead atoms. The maximum absolute atomic E-state index is 11.5. The Labute approximate surface area is 109 Å². The monoisotopic (exact) mass is 283 g/mol. The van der Waals surface area contributed by atoms with E-state index in [4.69, 9.17) is 4.55 Å². The summed E-state index contributed by atoms with van der Waals surface area (Å²) in [7, 11) is -4.23. The molecule has 1 aliphatic heterocycles. The Morgan fingerprint density at radius 2 is 2.00 bits per heavy atom. The Morgan fingerprint density at radius 3 is 2.58 bits per heavy atom. The van der Waals surface area contributed by atoms with Crippen molar-refractivity contribution in [2.75, 3.05) is 6.54 Å². The van der Waals surface area contributed by atoms with E-state index in [1.165, 1.54) is 24.3 Å². The molecule has 2 rings (SSSR count). The molecule has 0 saturated carbocycles. The molecule has 102 valence electrons. The summed E-state index contributed by atoms with van der Waals surface area (Å²) in [4.78, 5) is 15.0. The Kier molecular flexibility index (Phi) is 3.54. The van der Waals surface area contributed by atoms with Crippen LogP contribution in [0.5, 0.6) is 0 Å². The van der Waals surface area contributed by atoms with Crippen LogP contribution in [0.15, 0.2) is 34.2 Å². The zero-order valence-corrected chi connectivity index (χ0v) is 10.6. The summed E-state index contributed by atoms with van der Waals surface area (Å²) in [6.07, 6.45) is 0.198. The second-order valence-corrected chi connectivity index (χ2v) is 5.50. The predicted octanol–water partition coefficient (Wildman–Crippen LogP) is -1.27. The second kappa shape index (κ2) is 4.98. The van der Waals surface area contributed by atoms with Gasteiger partial charge in [0.1, 0.15) is 6.04 Å². The Bertz CT molecular complexity index is 621. The number of nitrogens with one attached hydrogen (secondary N) is 1. The van der Waals surface area contributed by atoms with Gasteiger partial charge >= 0.3 is 0 Å². The minimum atomic E-state index is -4.23. The third-order valence-corrected chi connectivity index (χ3v) is 3.53. The first-order valence-electron chi connectivity index (χ1n) is 5.44. The fourth-order valence-corrected chi connectivity index (χ4v) is 2.20. The van der Waals surface area contributed by atoms with Crippen molar-refractivity contribution in [2.24, 2.45) is 4.99 Å². The van der Waals surface area contributed by atoms with Crippen LogP contribution in [-0.2, 0) is 21.3 Å². The van der Waals surface area contributed by atoms with Crippen LogP contribution >= 0.6 is 0 Å². The SMILES string of the molecule is O=C1NCC([O-])=NC1Cc1ccc(S(=O)(=O)O)cc1. The predicted molar refractivity (Wildman–Crippen MR) is 64.2 cm³/mol. The van der Waals surface area contributed by atoms with E-state index >= 15 is 0 Å². The first kappa shape index (κ1) is 13.5. The van der Waals surface area contributed by atoms with Gasteiger partial charge in [0.15, 0.2) is 0 Å². The average Bonchev–Trinajstić information content (AvgIpc) is 2.33. The van der Waals surface area contributed by atoms with Gasteiger partial charge in [-0.1, -0.05) is 12.1 Å². The van der Waals surface area contributed by atoms with E-state index in [0.717, 1.165) is 0 Å². The number of rotatable bonds is 3. The molecule has 8 heteroatoms. The van der Waals surface area contributed by atoms with E-state index in [9.17, 15) is 18.3 Å². The minimum absolute atomic E-state index is 0.0863. The number of carbonyl (C=O) groups is 1.